The first-order valence-corrected chi connectivity index (χ1v) is 11.6. The fourth-order valence-electron chi connectivity index (χ4n) is 3.99. The van der Waals surface area contributed by atoms with Crippen LogP contribution in [0, 0.1) is 0 Å². The topological polar surface area (TPSA) is 75.5 Å². The van der Waals surface area contributed by atoms with Crippen molar-refractivity contribution in [2.24, 2.45) is 0 Å². The lowest BCUT2D eigenvalue weighted by Crippen LogP contribution is -2.51. The molecule has 0 saturated carbocycles. The summed E-state index contributed by atoms with van der Waals surface area (Å²) in [4.78, 5) is 48.0. The van der Waals surface area contributed by atoms with Crippen molar-refractivity contribution in [2.45, 2.75) is 6.54 Å². The maximum atomic E-state index is 13.0. The molecule has 0 atom stereocenters. The summed E-state index contributed by atoms with van der Waals surface area (Å²) < 4.78 is 1.37. The number of nitrogens with zero attached hydrogens (tertiary/aromatic N) is 4. The van der Waals surface area contributed by atoms with Gasteiger partial charge in [-0.25, -0.2) is 4.98 Å². The molecule has 7 nitrogen and oxygen atoms in total. The van der Waals surface area contributed by atoms with Gasteiger partial charge in [-0.15, -0.1) is 11.3 Å². The van der Waals surface area contributed by atoms with Crippen LogP contribution in [-0.4, -0.2) is 57.3 Å². The quantitative estimate of drug-likeness (QED) is 0.471. The number of hydrogen-bond donors (Lipinski definition) is 0. The molecule has 0 bridgehead atoms. The molecule has 3 heterocycles. The number of rotatable bonds is 4. The molecule has 0 N–H and O–H groups in total. The summed E-state index contributed by atoms with van der Waals surface area (Å²) in [5, 5.41) is 0.521. The molecule has 4 aromatic rings. The predicted molar refractivity (Wildman–Crippen MR) is 128 cm³/mol. The van der Waals surface area contributed by atoms with E-state index in [9.17, 15) is 14.4 Å². The second-order valence-corrected chi connectivity index (χ2v) is 8.94. The summed E-state index contributed by atoms with van der Waals surface area (Å²) in [6, 6.07) is 20.8. The molecule has 2 aromatic carbocycles. The van der Waals surface area contributed by atoms with E-state index in [-0.39, 0.29) is 23.9 Å². The lowest BCUT2D eigenvalue weighted by molar-refractivity contribution is -0.133. The highest BCUT2D eigenvalue weighted by Crippen LogP contribution is 2.30. The van der Waals surface area contributed by atoms with Gasteiger partial charge in [0.15, 0.2) is 0 Å². The number of amides is 2. The van der Waals surface area contributed by atoms with Crippen molar-refractivity contribution in [3.63, 3.8) is 0 Å². The first-order valence-electron chi connectivity index (χ1n) is 10.8. The second-order valence-electron chi connectivity index (χ2n) is 7.91. The van der Waals surface area contributed by atoms with E-state index in [4.69, 9.17) is 0 Å². The van der Waals surface area contributed by atoms with Gasteiger partial charge in [0.05, 0.1) is 11.7 Å². The van der Waals surface area contributed by atoms with E-state index >= 15 is 0 Å². The molecule has 0 aliphatic carbocycles. The minimum Gasteiger partial charge on any atom is -0.338 e. The van der Waals surface area contributed by atoms with Crippen molar-refractivity contribution >= 4 is 33.4 Å². The van der Waals surface area contributed by atoms with Crippen molar-refractivity contribution in [3.05, 3.63) is 89.0 Å². The van der Waals surface area contributed by atoms with Gasteiger partial charge in [-0.1, -0.05) is 48.5 Å². The monoisotopic (exact) mass is 458 g/mol. The van der Waals surface area contributed by atoms with Gasteiger partial charge in [0.2, 0.25) is 5.91 Å². The van der Waals surface area contributed by atoms with Gasteiger partial charge in [-0.3, -0.25) is 19.0 Å². The molecule has 0 spiro atoms. The summed E-state index contributed by atoms with van der Waals surface area (Å²) in [6.07, 6.45) is 1.45. The predicted octanol–water partition coefficient (Wildman–Crippen LogP) is 3.11. The van der Waals surface area contributed by atoms with E-state index in [0.29, 0.717) is 42.0 Å². The van der Waals surface area contributed by atoms with E-state index in [1.54, 1.807) is 21.9 Å². The van der Waals surface area contributed by atoms with Gasteiger partial charge in [0.1, 0.15) is 11.4 Å². The number of thiophene rings is 1. The molecule has 8 heteroatoms. The van der Waals surface area contributed by atoms with Crippen LogP contribution in [0.2, 0.25) is 0 Å². The Kier molecular flexibility index (Phi) is 5.75. The minimum atomic E-state index is -0.218. The van der Waals surface area contributed by atoms with Crippen molar-refractivity contribution in [1.82, 2.24) is 19.4 Å². The number of aromatic nitrogens is 2. The Balaban J connectivity index is 1.26. The van der Waals surface area contributed by atoms with Crippen LogP contribution in [0.5, 0.6) is 0 Å². The minimum absolute atomic E-state index is 0.0275. The zero-order valence-corrected chi connectivity index (χ0v) is 18.7. The first kappa shape index (κ1) is 21.1. The maximum absolute atomic E-state index is 13.0. The zero-order chi connectivity index (χ0) is 22.8. The van der Waals surface area contributed by atoms with E-state index in [1.165, 1.54) is 22.2 Å². The van der Waals surface area contributed by atoms with E-state index in [0.717, 1.165) is 10.4 Å². The Morgan fingerprint density at radius 3 is 2.21 bits per heavy atom. The Morgan fingerprint density at radius 2 is 1.52 bits per heavy atom. The summed E-state index contributed by atoms with van der Waals surface area (Å²) >= 11 is 1.46. The molecule has 0 unspecified atom stereocenters. The molecule has 0 radical (unpaired) electrons. The van der Waals surface area contributed by atoms with Crippen LogP contribution >= 0.6 is 11.3 Å². The summed E-state index contributed by atoms with van der Waals surface area (Å²) in [6.45, 7) is 1.76. The third-order valence-electron chi connectivity index (χ3n) is 5.82. The van der Waals surface area contributed by atoms with Crippen molar-refractivity contribution < 1.29 is 9.59 Å². The molecule has 166 valence electrons. The fourth-order valence-corrected chi connectivity index (χ4v) is 4.98. The Morgan fingerprint density at radius 1 is 0.879 bits per heavy atom. The van der Waals surface area contributed by atoms with E-state index < -0.39 is 0 Å². The van der Waals surface area contributed by atoms with E-state index in [1.807, 2.05) is 54.6 Å². The molecule has 5 rings (SSSR count). The van der Waals surface area contributed by atoms with Crippen LogP contribution in [0.15, 0.2) is 77.9 Å². The Labute approximate surface area is 194 Å². The van der Waals surface area contributed by atoms with Crippen molar-refractivity contribution in [3.8, 4) is 10.4 Å². The molecule has 1 fully saturated rings. The fraction of sp³-hybridized carbons (Fsp3) is 0.200. The average molecular weight is 459 g/mol. The standard InChI is InChI=1S/C25H22N4O3S/c30-22(27-11-13-28(14-12-27)24(31)19-9-5-2-6-10-19)16-29-17-26-23-20(25(29)32)15-21(33-23)18-7-3-1-4-8-18/h1-10,15,17H,11-14,16H2. The van der Waals surface area contributed by atoms with Crippen LogP contribution in [0.25, 0.3) is 20.7 Å². The lowest BCUT2D eigenvalue weighted by Gasteiger charge is -2.35. The number of carbonyl (C=O) groups is 2. The highest BCUT2D eigenvalue weighted by Gasteiger charge is 2.25. The summed E-state index contributed by atoms with van der Waals surface area (Å²) in [5.74, 6) is -0.177. The Bertz CT molecular complexity index is 1360. The van der Waals surface area contributed by atoms with Gasteiger partial charge in [-0.05, 0) is 23.8 Å². The Hall–Kier alpha value is -3.78. The molecular weight excluding hydrogens is 436 g/mol. The number of carbonyl (C=O) groups excluding carboxylic acids is 2. The van der Waals surface area contributed by atoms with Crippen LogP contribution in [-0.2, 0) is 11.3 Å². The molecule has 1 saturated heterocycles. The third-order valence-corrected chi connectivity index (χ3v) is 6.91. The number of piperazine rings is 1. The number of hydrogen-bond acceptors (Lipinski definition) is 5. The van der Waals surface area contributed by atoms with Gasteiger partial charge >= 0.3 is 0 Å². The summed E-state index contributed by atoms with van der Waals surface area (Å²) in [7, 11) is 0. The van der Waals surface area contributed by atoms with Gasteiger partial charge in [0.25, 0.3) is 11.5 Å². The smallest absolute Gasteiger partial charge is 0.262 e. The van der Waals surface area contributed by atoms with E-state index in [2.05, 4.69) is 4.98 Å². The van der Waals surface area contributed by atoms with Crippen LogP contribution < -0.4 is 5.56 Å². The SMILES string of the molecule is O=C(Cn1cnc2sc(-c3ccccc3)cc2c1=O)N1CCN(C(=O)c2ccccc2)CC1. The molecule has 2 aromatic heterocycles. The second kappa shape index (κ2) is 8.99. The molecule has 33 heavy (non-hydrogen) atoms. The first-order chi connectivity index (χ1) is 16.1. The van der Waals surface area contributed by atoms with Crippen LogP contribution in [0.3, 0.4) is 0 Å². The zero-order valence-electron chi connectivity index (χ0n) is 17.9. The van der Waals surface area contributed by atoms with Crippen molar-refractivity contribution in [1.29, 1.82) is 0 Å². The largest absolute Gasteiger partial charge is 0.338 e. The number of fused-ring (bicyclic) bond motifs is 1. The highest BCUT2D eigenvalue weighted by atomic mass is 32.1. The molecule has 1 aliphatic heterocycles. The average Bonchev–Trinajstić information content (AvgIpc) is 3.32. The molecule has 2 amide bonds. The normalized spacial score (nSPS) is 13.9. The molecule has 1 aliphatic rings. The van der Waals surface area contributed by atoms with Gasteiger partial charge < -0.3 is 9.80 Å². The third kappa shape index (κ3) is 4.29. The lowest BCUT2D eigenvalue weighted by atomic mass is 10.2. The maximum Gasteiger partial charge on any atom is 0.262 e. The van der Waals surface area contributed by atoms with Gasteiger partial charge in [-0.2, -0.15) is 0 Å². The highest BCUT2D eigenvalue weighted by molar-refractivity contribution is 7.21. The molecular formula is C25H22N4O3S. The van der Waals surface area contributed by atoms with Crippen LogP contribution in [0.1, 0.15) is 10.4 Å². The summed E-state index contributed by atoms with van der Waals surface area (Å²) in [5.41, 5.74) is 1.46. The van der Waals surface area contributed by atoms with Gasteiger partial charge in [0, 0.05) is 36.6 Å². The number of benzene rings is 2. The van der Waals surface area contributed by atoms with Crippen LogP contribution in [0.4, 0.5) is 0 Å². The van der Waals surface area contributed by atoms with Crippen molar-refractivity contribution in [2.75, 3.05) is 26.2 Å².